The number of aryl methyl sites for hydroxylation is 2. The molecule has 0 amide bonds. The molecule has 0 spiro atoms. The molecule has 0 saturated heterocycles. The number of hydrogen-bond acceptors (Lipinski definition) is 5. The lowest BCUT2D eigenvalue weighted by Crippen LogP contribution is -2.13. The lowest BCUT2D eigenvalue weighted by molar-refractivity contribution is 0.393. The maximum absolute atomic E-state index is 11.8. The third-order valence-corrected chi connectivity index (χ3v) is 6.11. The summed E-state index contributed by atoms with van der Waals surface area (Å²) in [6, 6.07) is 17.4. The summed E-state index contributed by atoms with van der Waals surface area (Å²) in [6.45, 7) is 3.57. The van der Waals surface area contributed by atoms with Crippen molar-refractivity contribution in [1.82, 2.24) is 10.1 Å². The Labute approximate surface area is 177 Å². The zero-order valence-corrected chi connectivity index (χ0v) is 17.7. The molecule has 0 radical (unpaired) electrons. The first-order chi connectivity index (χ1) is 14.3. The van der Waals surface area contributed by atoms with Crippen LogP contribution in [0.3, 0.4) is 0 Å². The van der Waals surface area contributed by atoms with E-state index in [2.05, 4.69) is 40.5 Å². The molecule has 5 rings (SSSR count). The van der Waals surface area contributed by atoms with Crippen molar-refractivity contribution in [2.75, 3.05) is 0 Å². The fourth-order valence-corrected chi connectivity index (χ4v) is 4.34. The molecule has 30 heavy (non-hydrogen) atoms. The van der Waals surface area contributed by atoms with E-state index in [-0.39, 0.29) is 6.32 Å². The van der Waals surface area contributed by atoms with Gasteiger partial charge in [0.15, 0.2) is 0 Å². The van der Waals surface area contributed by atoms with E-state index in [0.717, 1.165) is 11.5 Å². The minimum Gasteiger partial charge on any atom is -0.361 e. The molecule has 2 N–H and O–H groups in total. The molecular formula is C23H25N3O3S. The first kappa shape index (κ1) is 20.3. The zero-order chi connectivity index (χ0) is 21.3. The van der Waals surface area contributed by atoms with Crippen molar-refractivity contribution in [2.45, 2.75) is 37.5 Å². The molecule has 7 heteroatoms. The van der Waals surface area contributed by atoms with E-state index in [1.54, 1.807) is 38.2 Å². The van der Waals surface area contributed by atoms with Gasteiger partial charge in [-0.1, -0.05) is 35.5 Å². The smallest absolute Gasteiger partial charge is 0.238 e. The number of benzene rings is 2. The fourth-order valence-electron chi connectivity index (χ4n) is 3.57. The maximum Gasteiger partial charge on any atom is 0.238 e. The number of hydrogen-bond donors (Lipinski definition) is 1. The second kappa shape index (κ2) is 8.01. The van der Waals surface area contributed by atoms with Gasteiger partial charge in [-0.25, -0.2) is 13.6 Å². The standard InChI is InChI=1S/C14H13N3O3S.C9H10.H2/c1-8-14(9(2)20-17-8)10-6-12-11(4-3-5-16-12)13(7-10)21(15,18)19;1-2-4-8(5-3-1)9-6-7-9;/h3-7H,1-2H3,(H2,15,18,19);1-5,9H,6-7H2;1H. The average Bonchev–Trinajstić information content (AvgIpc) is 3.53. The highest BCUT2D eigenvalue weighted by molar-refractivity contribution is 7.89. The molecule has 4 aromatic rings. The van der Waals surface area contributed by atoms with Gasteiger partial charge in [0.25, 0.3) is 0 Å². The monoisotopic (exact) mass is 423 g/mol. The van der Waals surface area contributed by atoms with Gasteiger partial charge in [0.2, 0.25) is 10.0 Å². The van der Waals surface area contributed by atoms with E-state index in [1.165, 1.54) is 24.5 Å². The maximum atomic E-state index is 11.8. The summed E-state index contributed by atoms with van der Waals surface area (Å²) in [5.41, 5.74) is 4.19. The van der Waals surface area contributed by atoms with Crippen molar-refractivity contribution >= 4 is 20.9 Å². The molecule has 2 aromatic carbocycles. The summed E-state index contributed by atoms with van der Waals surface area (Å²) in [5.74, 6) is 1.52. The van der Waals surface area contributed by atoms with Crippen molar-refractivity contribution in [2.24, 2.45) is 5.14 Å². The molecule has 2 aromatic heterocycles. The highest BCUT2D eigenvalue weighted by Gasteiger charge is 2.22. The van der Waals surface area contributed by atoms with Crippen LogP contribution in [0.25, 0.3) is 22.0 Å². The van der Waals surface area contributed by atoms with E-state index in [0.29, 0.717) is 27.9 Å². The van der Waals surface area contributed by atoms with E-state index < -0.39 is 10.0 Å². The van der Waals surface area contributed by atoms with Crippen LogP contribution < -0.4 is 5.14 Å². The second-order valence-corrected chi connectivity index (χ2v) is 9.00. The minimum absolute atomic E-state index is 0. The van der Waals surface area contributed by atoms with Crippen LogP contribution in [0.5, 0.6) is 0 Å². The predicted octanol–water partition coefficient (Wildman–Crippen LogP) is 4.96. The van der Waals surface area contributed by atoms with Crippen LogP contribution in [0.15, 0.2) is 70.2 Å². The minimum atomic E-state index is -3.86. The molecule has 1 fully saturated rings. The Morgan fingerprint density at radius 1 is 1.07 bits per heavy atom. The number of rotatable bonds is 3. The Bertz CT molecular complexity index is 1280. The second-order valence-electron chi connectivity index (χ2n) is 7.47. The summed E-state index contributed by atoms with van der Waals surface area (Å²) in [5, 5.41) is 9.71. The first-order valence-corrected chi connectivity index (χ1v) is 11.3. The summed E-state index contributed by atoms with van der Waals surface area (Å²) in [4.78, 5) is 4.26. The van der Waals surface area contributed by atoms with Crippen molar-refractivity contribution in [3.8, 4) is 11.1 Å². The summed E-state index contributed by atoms with van der Waals surface area (Å²) in [7, 11) is -3.86. The number of nitrogens with two attached hydrogens (primary N) is 1. The molecule has 1 aliphatic carbocycles. The molecule has 156 valence electrons. The first-order valence-electron chi connectivity index (χ1n) is 9.74. The molecular weight excluding hydrogens is 398 g/mol. The van der Waals surface area contributed by atoms with Gasteiger partial charge in [-0.2, -0.15) is 0 Å². The Morgan fingerprint density at radius 3 is 2.40 bits per heavy atom. The van der Waals surface area contributed by atoms with Gasteiger partial charge in [0, 0.05) is 18.6 Å². The van der Waals surface area contributed by atoms with Crippen LogP contribution in [0.1, 0.15) is 37.2 Å². The van der Waals surface area contributed by atoms with Gasteiger partial charge in [-0.15, -0.1) is 0 Å². The van der Waals surface area contributed by atoms with Crippen molar-refractivity contribution in [3.05, 3.63) is 77.8 Å². The normalized spacial score (nSPS) is 13.7. The number of sulfonamides is 1. The summed E-state index contributed by atoms with van der Waals surface area (Å²) >= 11 is 0. The molecule has 1 aliphatic rings. The largest absolute Gasteiger partial charge is 0.361 e. The van der Waals surface area contributed by atoms with Gasteiger partial charge in [-0.3, -0.25) is 4.98 Å². The molecule has 6 nitrogen and oxygen atoms in total. The van der Waals surface area contributed by atoms with E-state index in [4.69, 9.17) is 9.66 Å². The van der Waals surface area contributed by atoms with Crippen LogP contribution >= 0.6 is 0 Å². The molecule has 0 unspecified atom stereocenters. The summed E-state index contributed by atoms with van der Waals surface area (Å²) < 4.78 is 28.8. The van der Waals surface area contributed by atoms with Crippen LogP contribution in [-0.4, -0.2) is 18.6 Å². The zero-order valence-electron chi connectivity index (χ0n) is 16.9. The number of primary sulfonamides is 1. The van der Waals surface area contributed by atoms with Gasteiger partial charge >= 0.3 is 0 Å². The molecule has 1 saturated carbocycles. The quantitative estimate of drug-likeness (QED) is 0.502. The number of nitrogens with zero attached hydrogens (tertiary/aromatic N) is 2. The lowest BCUT2D eigenvalue weighted by atomic mass is 10.0. The SMILES string of the molecule is Cc1noc(C)c1-c1cc(S(N)(=O)=O)c2cccnc2c1.[HH].c1ccc(C2CC2)cc1. The predicted molar refractivity (Wildman–Crippen MR) is 119 cm³/mol. The number of fused-ring (bicyclic) bond motifs is 1. The Kier molecular flexibility index (Phi) is 5.40. The topological polar surface area (TPSA) is 99.1 Å². The number of aromatic nitrogens is 2. The van der Waals surface area contributed by atoms with Crippen molar-refractivity contribution in [1.29, 1.82) is 0 Å². The van der Waals surface area contributed by atoms with Gasteiger partial charge in [0.1, 0.15) is 5.76 Å². The Balaban J connectivity index is 0.000000227. The third-order valence-electron chi connectivity index (χ3n) is 5.16. The van der Waals surface area contributed by atoms with Gasteiger partial charge < -0.3 is 4.52 Å². The van der Waals surface area contributed by atoms with E-state index in [1.807, 2.05) is 0 Å². The highest BCUT2D eigenvalue weighted by atomic mass is 32.2. The van der Waals surface area contributed by atoms with Crippen molar-refractivity contribution < 1.29 is 14.4 Å². The summed E-state index contributed by atoms with van der Waals surface area (Å²) in [6.07, 6.45) is 4.42. The lowest BCUT2D eigenvalue weighted by Gasteiger charge is -2.08. The Morgan fingerprint density at radius 2 is 1.80 bits per heavy atom. The van der Waals surface area contributed by atoms with Crippen LogP contribution in [-0.2, 0) is 10.0 Å². The molecule has 0 atom stereocenters. The molecule has 0 aliphatic heterocycles. The van der Waals surface area contributed by atoms with Crippen molar-refractivity contribution in [3.63, 3.8) is 0 Å². The van der Waals surface area contributed by atoms with E-state index in [9.17, 15) is 8.42 Å². The third kappa shape index (κ3) is 4.27. The van der Waals surface area contributed by atoms with Gasteiger partial charge in [-0.05, 0) is 68.0 Å². The number of pyridine rings is 1. The Hall–Kier alpha value is -3.03. The average molecular weight is 424 g/mol. The molecule has 2 heterocycles. The van der Waals surface area contributed by atoms with Gasteiger partial charge in [0.05, 0.1) is 16.1 Å². The molecule has 0 bridgehead atoms. The van der Waals surface area contributed by atoms with Crippen LogP contribution in [0.2, 0.25) is 0 Å². The van der Waals surface area contributed by atoms with E-state index >= 15 is 0 Å². The van der Waals surface area contributed by atoms with Crippen LogP contribution in [0.4, 0.5) is 0 Å². The fraction of sp³-hybridized carbons (Fsp3) is 0.217. The highest BCUT2D eigenvalue weighted by Crippen LogP contribution is 2.39. The van der Waals surface area contributed by atoms with Crippen LogP contribution in [0, 0.1) is 13.8 Å².